The molecule has 0 aromatic carbocycles. The highest BCUT2D eigenvalue weighted by Crippen LogP contribution is 2.21. The molecule has 106 valence electrons. The average molecular weight is 263 g/mol. The van der Waals surface area contributed by atoms with Crippen molar-refractivity contribution in [2.75, 3.05) is 12.4 Å². The summed E-state index contributed by atoms with van der Waals surface area (Å²) < 4.78 is 0. The van der Waals surface area contributed by atoms with Crippen LogP contribution in [-0.4, -0.2) is 34.3 Å². The molecule has 19 heavy (non-hydrogen) atoms. The summed E-state index contributed by atoms with van der Waals surface area (Å²) in [6, 6.07) is 1.16. The van der Waals surface area contributed by atoms with Crippen LogP contribution in [0.2, 0.25) is 0 Å². The van der Waals surface area contributed by atoms with Crippen molar-refractivity contribution >= 4 is 5.95 Å². The maximum atomic E-state index is 4.59. The highest BCUT2D eigenvalue weighted by Gasteiger charge is 2.20. The van der Waals surface area contributed by atoms with Gasteiger partial charge in [0.25, 0.3) is 0 Å². The van der Waals surface area contributed by atoms with Crippen molar-refractivity contribution in [3.05, 3.63) is 11.4 Å². The first-order valence-corrected chi connectivity index (χ1v) is 7.43. The van der Waals surface area contributed by atoms with Gasteiger partial charge in [-0.15, -0.1) is 5.10 Å². The van der Waals surface area contributed by atoms with Crippen LogP contribution in [0.3, 0.4) is 0 Å². The molecular formula is C14H25N5. The SMILES string of the molecule is CCc1nnc(NC2CCC(NC)CC2)nc1CC. The minimum atomic E-state index is 0.489. The van der Waals surface area contributed by atoms with Gasteiger partial charge in [-0.3, -0.25) is 0 Å². The molecule has 0 aliphatic heterocycles. The second-order valence-corrected chi connectivity index (χ2v) is 5.22. The number of nitrogens with one attached hydrogen (secondary N) is 2. The Labute approximate surface area is 115 Å². The number of hydrogen-bond acceptors (Lipinski definition) is 5. The zero-order valence-corrected chi connectivity index (χ0v) is 12.2. The summed E-state index contributed by atoms with van der Waals surface area (Å²) in [5.74, 6) is 0.696. The van der Waals surface area contributed by atoms with Crippen LogP contribution < -0.4 is 10.6 Å². The van der Waals surface area contributed by atoms with Gasteiger partial charge in [0.1, 0.15) is 0 Å². The van der Waals surface area contributed by atoms with E-state index in [2.05, 4.69) is 39.7 Å². The third-order valence-corrected chi connectivity index (χ3v) is 3.98. The Morgan fingerprint density at radius 3 is 2.16 bits per heavy atom. The summed E-state index contributed by atoms with van der Waals surface area (Å²) in [6.45, 7) is 4.21. The zero-order valence-electron chi connectivity index (χ0n) is 12.2. The van der Waals surface area contributed by atoms with Crippen LogP contribution in [0.1, 0.15) is 50.9 Å². The third-order valence-electron chi connectivity index (χ3n) is 3.98. The molecule has 0 amide bonds. The molecule has 2 N–H and O–H groups in total. The lowest BCUT2D eigenvalue weighted by Crippen LogP contribution is -2.35. The van der Waals surface area contributed by atoms with Gasteiger partial charge in [0, 0.05) is 12.1 Å². The summed E-state index contributed by atoms with van der Waals surface area (Å²) in [7, 11) is 2.04. The van der Waals surface area contributed by atoms with E-state index in [1.165, 1.54) is 25.7 Å². The molecule has 0 saturated heterocycles. The molecule has 5 nitrogen and oxygen atoms in total. The molecule has 2 rings (SSSR count). The van der Waals surface area contributed by atoms with Gasteiger partial charge >= 0.3 is 0 Å². The Kier molecular flexibility index (Phi) is 5.07. The molecule has 1 aliphatic carbocycles. The van der Waals surface area contributed by atoms with E-state index in [1.54, 1.807) is 0 Å². The number of rotatable bonds is 5. The van der Waals surface area contributed by atoms with E-state index in [-0.39, 0.29) is 0 Å². The van der Waals surface area contributed by atoms with E-state index in [9.17, 15) is 0 Å². The molecule has 1 fully saturated rings. The van der Waals surface area contributed by atoms with Crippen LogP contribution in [-0.2, 0) is 12.8 Å². The van der Waals surface area contributed by atoms with E-state index in [0.29, 0.717) is 18.0 Å². The summed E-state index contributed by atoms with van der Waals surface area (Å²) in [6.07, 6.45) is 6.60. The van der Waals surface area contributed by atoms with Gasteiger partial charge in [0.2, 0.25) is 5.95 Å². The van der Waals surface area contributed by atoms with Gasteiger partial charge in [-0.1, -0.05) is 13.8 Å². The van der Waals surface area contributed by atoms with Gasteiger partial charge in [-0.2, -0.15) is 5.10 Å². The topological polar surface area (TPSA) is 62.7 Å². The molecule has 0 bridgehead atoms. The lowest BCUT2D eigenvalue weighted by Gasteiger charge is -2.28. The van der Waals surface area contributed by atoms with Crippen molar-refractivity contribution in [2.24, 2.45) is 0 Å². The lowest BCUT2D eigenvalue weighted by molar-refractivity contribution is 0.370. The Hall–Kier alpha value is -1.23. The first kappa shape index (κ1) is 14.2. The highest BCUT2D eigenvalue weighted by molar-refractivity contribution is 5.27. The van der Waals surface area contributed by atoms with E-state index >= 15 is 0 Å². The molecule has 1 aromatic rings. The van der Waals surface area contributed by atoms with Crippen molar-refractivity contribution in [1.29, 1.82) is 0 Å². The third kappa shape index (κ3) is 3.62. The number of aryl methyl sites for hydroxylation is 2. The Balaban J connectivity index is 1.96. The molecule has 0 radical (unpaired) electrons. The van der Waals surface area contributed by atoms with Crippen LogP contribution in [0, 0.1) is 0 Å². The number of nitrogens with zero attached hydrogens (tertiary/aromatic N) is 3. The molecule has 5 heteroatoms. The predicted molar refractivity (Wildman–Crippen MR) is 77.3 cm³/mol. The first-order chi connectivity index (χ1) is 9.26. The van der Waals surface area contributed by atoms with Gasteiger partial charge < -0.3 is 10.6 Å². The average Bonchev–Trinajstić information content (AvgIpc) is 2.48. The summed E-state index contributed by atoms with van der Waals surface area (Å²) in [5, 5.41) is 15.3. The minimum absolute atomic E-state index is 0.489. The Morgan fingerprint density at radius 1 is 0.947 bits per heavy atom. The van der Waals surface area contributed by atoms with Gasteiger partial charge in [0.05, 0.1) is 11.4 Å². The van der Waals surface area contributed by atoms with E-state index in [1.807, 2.05) is 7.05 Å². The molecule has 0 spiro atoms. The largest absolute Gasteiger partial charge is 0.350 e. The van der Waals surface area contributed by atoms with Crippen LogP contribution in [0.15, 0.2) is 0 Å². The second-order valence-electron chi connectivity index (χ2n) is 5.22. The number of aromatic nitrogens is 3. The van der Waals surface area contributed by atoms with Crippen molar-refractivity contribution in [1.82, 2.24) is 20.5 Å². The van der Waals surface area contributed by atoms with Gasteiger partial charge in [-0.05, 0) is 45.6 Å². The summed E-state index contributed by atoms with van der Waals surface area (Å²) in [5.41, 5.74) is 2.09. The molecule has 0 unspecified atom stereocenters. The van der Waals surface area contributed by atoms with Crippen molar-refractivity contribution < 1.29 is 0 Å². The molecule has 1 heterocycles. The summed E-state index contributed by atoms with van der Waals surface area (Å²) >= 11 is 0. The molecule has 1 aromatic heterocycles. The van der Waals surface area contributed by atoms with Crippen LogP contribution in [0.5, 0.6) is 0 Å². The second kappa shape index (κ2) is 6.80. The minimum Gasteiger partial charge on any atom is -0.350 e. The Morgan fingerprint density at radius 2 is 1.58 bits per heavy atom. The van der Waals surface area contributed by atoms with Crippen LogP contribution in [0.4, 0.5) is 5.95 Å². The zero-order chi connectivity index (χ0) is 13.7. The predicted octanol–water partition coefficient (Wildman–Crippen LogP) is 1.94. The number of hydrogen-bond donors (Lipinski definition) is 2. The molecule has 0 atom stereocenters. The maximum Gasteiger partial charge on any atom is 0.243 e. The fourth-order valence-electron chi connectivity index (χ4n) is 2.71. The van der Waals surface area contributed by atoms with E-state index in [4.69, 9.17) is 0 Å². The van der Waals surface area contributed by atoms with Crippen molar-refractivity contribution in [3.8, 4) is 0 Å². The fourth-order valence-corrected chi connectivity index (χ4v) is 2.71. The standard InChI is InChI=1S/C14H25N5/c1-4-12-13(5-2)18-19-14(17-12)16-11-8-6-10(15-3)7-9-11/h10-11,15H,4-9H2,1-3H3,(H,16,17,19). The van der Waals surface area contributed by atoms with Gasteiger partial charge in [0.15, 0.2) is 0 Å². The monoisotopic (exact) mass is 263 g/mol. The molecule has 1 saturated carbocycles. The van der Waals surface area contributed by atoms with Crippen LogP contribution in [0.25, 0.3) is 0 Å². The molecular weight excluding hydrogens is 238 g/mol. The van der Waals surface area contributed by atoms with E-state index in [0.717, 1.165) is 24.2 Å². The lowest BCUT2D eigenvalue weighted by atomic mass is 9.91. The Bertz CT molecular complexity index is 399. The quantitative estimate of drug-likeness (QED) is 0.850. The van der Waals surface area contributed by atoms with Crippen LogP contribution >= 0.6 is 0 Å². The van der Waals surface area contributed by atoms with E-state index < -0.39 is 0 Å². The van der Waals surface area contributed by atoms with Crippen molar-refractivity contribution in [2.45, 2.75) is 64.5 Å². The summed E-state index contributed by atoms with van der Waals surface area (Å²) in [4.78, 5) is 4.59. The highest BCUT2D eigenvalue weighted by atomic mass is 15.2. The number of anilines is 1. The molecule has 1 aliphatic rings. The first-order valence-electron chi connectivity index (χ1n) is 7.43. The smallest absolute Gasteiger partial charge is 0.243 e. The maximum absolute atomic E-state index is 4.59. The van der Waals surface area contributed by atoms with Crippen molar-refractivity contribution in [3.63, 3.8) is 0 Å². The normalized spacial score (nSPS) is 23.3. The van der Waals surface area contributed by atoms with Gasteiger partial charge in [-0.25, -0.2) is 4.98 Å². The fraction of sp³-hybridized carbons (Fsp3) is 0.786.